The van der Waals surface area contributed by atoms with E-state index in [0.717, 1.165) is 36.4 Å². The van der Waals surface area contributed by atoms with Gasteiger partial charge in [-0.1, -0.05) is 18.2 Å². The molecule has 3 heterocycles. The summed E-state index contributed by atoms with van der Waals surface area (Å²) in [5.41, 5.74) is 1.63. The van der Waals surface area contributed by atoms with Gasteiger partial charge in [0.1, 0.15) is 6.54 Å². The maximum atomic E-state index is 12.6. The first kappa shape index (κ1) is 20.5. The fourth-order valence-electron chi connectivity index (χ4n) is 3.50. The minimum Gasteiger partial charge on any atom is -0.350 e. The number of H-pyrrole nitrogens is 1. The second kappa shape index (κ2) is 9.36. The van der Waals surface area contributed by atoms with Gasteiger partial charge in [-0.3, -0.25) is 19.3 Å². The molecule has 9 heteroatoms. The van der Waals surface area contributed by atoms with Crippen LogP contribution in [0, 0.1) is 4.77 Å². The van der Waals surface area contributed by atoms with Gasteiger partial charge < -0.3 is 10.2 Å². The Morgan fingerprint density at radius 1 is 1.13 bits per heavy atom. The molecule has 2 amide bonds. The molecular formula is C21H23N5O2S2. The zero-order valence-electron chi connectivity index (χ0n) is 16.5. The van der Waals surface area contributed by atoms with Crippen LogP contribution in [0.5, 0.6) is 0 Å². The summed E-state index contributed by atoms with van der Waals surface area (Å²) in [6.07, 6.45) is 3.34. The zero-order valence-corrected chi connectivity index (χ0v) is 18.1. The van der Waals surface area contributed by atoms with Crippen LogP contribution >= 0.6 is 23.6 Å². The summed E-state index contributed by atoms with van der Waals surface area (Å²) in [5, 5.41) is 11.9. The van der Waals surface area contributed by atoms with Gasteiger partial charge in [-0.2, -0.15) is 5.10 Å². The largest absolute Gasteiger partial charge is 0.350 e. The number of carbonyl (C=O) groups excluding carboxylic acids is 2. The van der Waals surface area contributed by atoms with Crippen LogP contribution < -0.4 is 5.32 Å². The molecule has 0 atom stereocenters. The molecule has 1 aliphatic heterocycles. The highest BCUT2D eigenvalue weighted by atomic mass is 32.1. The van der Waals surface area contributed by atoms with Gasteiger partial charge in [0.05, 0.1) is 4.88 Å². The zero-order chi connectivity index (χ0) is 20.9. The number of nitrogens with one attached hydrogen (secondary N) is 2. The Morgan fingerprint density at radius 3 is 2.60 bits per heavy atom. The number of hydrogen-bond donors (Lipinski definition) is 2. The van der Waals surface area contributed by atoms with E-state index in [1.165, 1.54) is 6.42 Å². The fraction of sp³-hybridized carbons (Fsp3) is 0.333. The smallest absolute Gasteiger partial charge is 0.253 e. The normalized spacial score (nSPS) is 13.9. The molecule has 156 valence electrons. The molecule has 7 nitrogen and oxygen atoms in total. The van der Waals surface area contributed by atoms with Crippen LogP contribution in [0.15, 0.2) is 41.8 Å². The van der Waals surface area contributed by atoms with Crippen molar-refractivity contribution >= 4 is 35.4 Å². The predicted octanol–water partition coefficient (Wildman–Crippen LogP) is 3.61. The second-order valence-corrected chi connectivity index (χ2v) is 8.58. The van der Waals surface area contributed by atoms with Crippen molar-refractivity contribution in [3.63, 3.8) is 0 Å². The van der Waals surface area contributed by atoms with E-state index in [9.17, 15) is 9.59 Å². The first-order chi connectivity index (χ1) is 14.6. The van der Waals surface area contributed by atoms with Gasteiger partial charge in [-0.25, -0.2) is 0 Å². The first-order valence-corrected chi connectivity index (χ1v) is 11.2. The number of benzene rings is 1. The molecule has 2 aromatic heterocycles. The van der Waals surface area contributed by atoms with Crippen molar-refractivity contribution in [2.75, 3.05) is 13.1 Å². The van der Waals surface area contributed by atoms with Crippen molar-refractivity contribution in [3.05, 3.63) is 57.7 Å². The average molecular weight is 442 g/mol. The number of thiophene rings is 1. The molecule has 0 unspecified atom stereocenters. The number of rotatable bonds is 6. The third kappa shape index (κ3) is 4.68. The molecule has 2 N–H and O–H groups in total. The lowest BCUT2D eigenvalue weighted by atomic mass is 10.1. The lowest BCUT2D eigenvalue weighted by Crippen LogP contribution is -2.35. The van der Waals surface area contributed by atoms with Crippen LogP contribution in [0.3, 0.4) is 0 Å². The topological polar surface area (TPSA) is 83.0 Å². The Bertz CT molecular complexity index is 1060. The van der Waals surface area contributed by atoms with Crippen molar-refractivity contribution in [1.29, 1.82) is 0 Å². The van der Waals surface area contributed by atoms with Crippen LogP contribution in [0.4, 0.5) is 0 Å². The van der Waals surface area contributed by atoms with Gasteiger partial charge in [0.15, 0.2) is 10.6 Å². The molecule has 0 bridgehead atoms. The summed E-state index contributed by atoms with van der Waals surface area (Å²) in [5.74, 6) is 0.588. The molecule has 0 aliphatic carbocycles. The molecule has 0 spiro atoms. The molecule has 1 fully saturated rings. The second-order valence-electron chi connectivity index (χ2n) is 7.24. The summed E-state index contributed by atoms with van der Waals surface area (Å²) in [6.45, 7) is 2.14. The summed E-state index contributed by atoms with van der Waals surface area (Å²) < 4.78 is 2.10. The Hall–Kier alpha value is -2.78. The van der Waals surface area contributed by atoms with Gasteiger partial charge in [0.25, 0.3) is 5.91 Å². The molecule has 1 aromatic carbocycles. The highest BCUT2D eigenvalue weighted by molar-refractivity contribution is 7.71. The van der Waals surface area contributed by atoms with Crippen LogP contribution in [-0.2, 0) is 17.9 Å². The summed E-state index contributed by atoms with van der Waals surface area (Å²) >= 11 is 6.81. The van der Waals surface area contributed by atoms with E-state index in [1.54, 1.807) is 15.9 Å². The first-order valence-electron chi connectivity index (χ1n) is 9.96. The molecule has 4 rings (SSSR count). The van der Waals surface area contributed by atoms with Crippen LogP contribution in [0.2, 0.25) is 0 Å². The van der Waals surface area contributed by atoms with Crippen molar-refractivity contribution in [2.45, 2.75) is 32.4 Å². The summed E-state index contributed by atoms with van der Waals surface area (Å²) in [7, 11) is 0. The van der Waals surface area contributed by atoms with E-state index in [2.05, 4.69) is 15.5 Å². The van der Waals surface area contributed by atoms with Gasteiger partial charge >= 0.3 is 0 Å². The molecular weight excluding hydrogens is 418 g/mol. The SMILES string of the molecule is O=C(Cn1c(-c2cccs2)n[nH]c1=S)NCc1ccc(C(=O)N2CCCCC2)cc1. The summed E-state index contributed by atoms with van der Waals surface area (Å²) in [6, 6.07) is 11.3. The van der Waals surface area contributed by atoms with Gasteiger partial charge in [-0.05, 0) is 60.6 Å². The lowest BCUT2D eigenvalue weighted by molar-refractivity contribution is -0.121. The van der Waals surface area contributed by atoms with Crippen molar-refractivity contribution in [2.24, 2.45) is 0 Å². The van der Waals surface area contributed by atoms with E-state index in [1.807, 2.05) is 46.7 Å². The Balaban J connectivity index is 1.34. The maximum Gasteiger partial charge on any atom is 0.253 e. The van der Waals surface area contributed by atoms with E-state index in [0.29, 0.717) is 22.7 Å². The fourth-order valence-corrected chi connectivity index (χ4v) is 4.42. The quantitative estimate of drug-likeness (QED) is 0.573. The van der Waals surface area contributed by atoms with Crippen LogP contribution in [0.1, 0.15) is 35.2 Å². The number of amides is 2. The van der Waals surface area contributed by atoms with E-state index >= 15 is 0 Å². The summed E-state index contributed by atoms with van der Waals surface area (Å²) in [4.78, 5) is 27.9. The van der Waals surface area contributed by atoms with Gasteiger partial charge in [-0.15, -0.1) is 11.3 Å². The van der Waals surface area contributed by atoms with Crippen molar-refractivity contribution in [1.82, 2.24) is 25.0 Å². The van der Waals surface area contributed by atoms with E-state index in [4.69, 9.17) is 12.2 Å². The molecule has 0 saturated carbocycles. The third-order valence-electron chi connectivity index (χ3n) is 5.14. The van der Waals surface area contributed by atoms with Gasteiger partial charge in [0.2, 0.25) is 5.91 Å². The monoisotopic (exact) mass is 441 g/mol. The molecule has 1 saturated heterocycles. The average Bonchev–Trinajstić information content (AvgIpc) is 3.43. The van der Waals surface area contributed by atoms with Crippen molar-refractivity contribution < 1.29 is 9.59 Å². The van der Waals surface area contributed by atoms with E-state index < -0.39 is 0 Å². The molecule has 3 aromatic rings. The number of piperidine rings is 1. The number of nitrogens with zero attached hydrogens (tertiary/aromatic N) is 3. The standard InChI is InChI=1S/C21H23N5O2S2/c27-18(14-26-19(23-24-21(26)29)17-5-4-12-30-17)22-13-15-6-8-16(9-7-15)20(28)25-10-2-1-3-11-25/h4-9,12H,1-3,10-11,13-14H2,(H,22,27)(H,24,29). The minimum absolute atomic E-state index is 0.0840. The van der Waals surface area contributed by atoms with E-state index in [-0.39, 0.29) is 18.4 Å². The Labute approximate surface area is 183 Å². The number of carbonyl (C=O) groups is 2. The lowest BCUT2D eigenvalue weighted by Gasteiger charge is -2.26. The minimum atomic E-state index is -0.154. The highest BCUT2D eigenvalue weighted by Crippen LogP contribution is 2.22. The molecule has 30 heavy (non-hydrogen) atoms. The molecule has 0 radical (unpaired) electrons. The third-order valence-corrected chi connectivity index (χ3v) is 6.31. The van der Waals surface area contributed by atoms with Crippen LogP contribution in [-0.4, -0.2) is 44.6 Å². The molecule has 1 aliphatic rings. The van der Waals surface area contributed by atoms with Crippen molar-refractivity contribution in [3.8, 4) is 10.7 Å². The number of hydrogen-bond acceptors (Lipinski definition) is 5. The predicted molar refractivity (Wildman–Crippen MR) is 119 cm³/mol. The maximum absolute atomic E-state index is 12.6. The Kier molecular flexibility index (Phi) is 6.39. The number of aromatic amines is 1. The number of likely N-dealkylation sites (tertiary alicyclic amines) is 1. The highest BCUT2D eigenvalue weighted by Gasteiger charge is 2.18. The number of aromatic nitrogens is 3. The van der Waals surface area contributed by atoms with Crippen LogP contribution in [0.25, 0.3) is 10.7 Å². The van der Waals surface area contributed by atoms with Gasteiger partial charge in [0, 0.05) is 25.2 Å². The Morgan fingerprint density at radius 2 is 1.90 bits per heavy atom.